The number of fused-ring (bicyclic) bond motifs is 1. The monoisotopic (exact) mass is 462 g/mol. The molecule has 0 bridgehead atoms. The van der Waals surface area contributed by atoms with Gasteiger partial charge in [0.2, 0.25) is 11.8 Å². The molecule has 0 fully saturated rings. The number of amides is 2. The number of hydrogen-bond donors (Lipinski definition) is 1. The van der Waals surface area contributed by atoms with Gasteiger partial charge in [-0.15, -0.1) is 0 Å². The molecule has 0 aliphatic carbocycles. The van der Waals surface area contributed by atoms with Gasteiger partial charge in [-0.2, -0.15) is 0 Å². The molecule has 2 amide bonds. The predicted molar refractivity (Wildman–Crippen MR) is 122 cm³/mol. The maximum atomic E-state index is 13.8. The Bertz CT molecular complexity index is 1050. The zero-order chi connectivity index (χ0) is 21.1. The summed E-state index contributed by atoms with van der Waals surface area (Å²) in [6.45, 7) is 2.02. The maximum Gasteiger partial charge on any atom is 0.244 e. The standard InChI is InChI=1S/C25H23BrN2O2/c1-2-20(17-9-5-3-6-10-17)25(30)28-16-23(29)27-22-14-13-19(26)15-21(22)24(28)18-11-7-4-8-12-18/h3-15,20,24H,2,16H2,1H3,(H,27,29)/t20-,24-/m0/s1. The van der Waals surface area contributed by atoms with Gasteiger partial charge in [0.25, 0.3) is 0 Å². The third-order valence-electron chi connectivity index (χ3n) is 5.51. The number of halogens is 1. The second-order valence-corrected chi connectivity index (χ2v) is 8.35. The van der Waals surface area contributed by atoms with E-state index in [0.29, 0.717) is 6.42 Å². The third-order valence-corrected chi connectivity index (χ3v) is 6.01. The van der Waals surface area contributed by atoms with Gasteiger partial charge in [0.05, 0.1) is 12.0 Å². The van der Waals surface area contributed by atoms with E-state index in [9.17, 15) is 9.59 Å². The minimum atomic E-state index is -0.358. The Morgan fingerprint density at radius 2 is 1.73 bits per heavy atom. The van der Waals surface area contributed by atoms with E-state index in [1.54, 1.807) is 4.90 Å². The van der Waals surface area contributed by atoms with Crippen molar-refractivity contribution < 1.29 is 9.59 Å². The number of rotatable bonds is 4. The van der Waals surface area contributed by atoms with Gasteiger partial charge in [0, 0.05) is 15.7 Å². The predicted octanol–water partition coefficient (Wildman–Crippen LogP) is 5.51. The normalized spacial score (nSPS) is 16.9. The van der Waals surface area contributed by atoms with Crippen molar-refractivity contribution in [1.82, 2.24) is 4.90 Å². The van der Waals surface area contributed by atoms with Crippen LogP contribution in [0.15, 0.2) is 83.3 Å². The molecule has 0 saturated heterocycles. The van der Waals surface area contributed by atoms with E-state index in [1.807, 2.05) is 85.8 Å². The Kier molecular flexibility index (Phi) is 6.00. The average Bonchev–Trinajstić information content (AvgIpc) is 2.91. The van der Waals surface area contributed by atoms with E-state index in [-0.39, 0.29) is 30.3 Å². The van der Waals surface area contributed by atoms with Crippen LogP contribution in [0.2, 0.25) is 0 Å². The molecule has 0 unspecified atom stereocenters. The molecular weight excluding hydrogens is 440 g/mol. The number of benzene rings is 3. The SMILES string of the molecule is CC[C@H](C(=O)N1CC(=O)Nc2ccc(Br)cc2[C@@H]1c1ccccc1)c1ccccc1. The van der Waals surface area contributed by atoms with Crippen molar-refractivity contribution in [2.75, 3.05) is 11.9 Å². The Balaban J connectivity index is 1.85. The summed E-state index contributed by atoms with van der Waals surface area (Å²) in [6.07, 6.45) is 0.661. The molecule has 5 heteroatoms. The fourth-order valence-corrected chi connectivity index (χ4v) is 4.49. The van der Waals surface area contributed by atoms with Crippen molar-refractivity contribution in [3.05, 3.63) is 100 Å². The molecule has 2 atom stereocenters. The van der Waals surface area contributed by atoms with E-state index in [0.717, 1.165) is 26.9 Å². The van der Waals surface area contributed by atoms with Gasteiger partial charge < -0.3 is 10.2 Å². The largest absolute Gasteiger partial charge is 0.324 e. The first kappa shape index (κ1) is 20.4. The second kappa shape index (κ2) is 8.84. The quantitative estimate of drug-likeness (QED) is 0.555. The zero-order valence-corrected chi connectivity index (χ0v) is 18.3. The lowest BCUT2D eigenvalue weighted by molar-refractivity contribution is -0.137. The first-order valence-corrected chi connectivity index (χ1v) is 10.9. The Labute approximate surface area is 185 Å². The van der Waals surface area contributed by atoms with Crippen LogP contribution in [0.1, 0.15) is 42.0 Å². The topological polar surface area (TPSA) is 49.4 Å². The summed E-state index contributed by atoms with van der Waals surface area (Å²) in [7, 11) is 0. The number of carbonyl (C=O) groups excluding carboxylic acids is 2. The van der Waals surface area contributed by atoms with Crippen molar-refractivity contribution in [2.24, 2.45) is 0 Å². The fourth-order valence-electron chi connectivity index (χ4n) is 4.12. The highest BCUT2D eigenvalue weighted by molar-refractivity contribution is 9.10. The number of nitrogens with zero attached hydrogens (tertiary/aromatic N) is 1. The van der Waals surface area contributed by atoms with Crippen molar-refractivity contribution in [3.63, 3.8) is 0 Å². The molecule has 152 valence electrons. The maximum absolute atomic E-state index is 13.8. The van der Waals surface area contributed by atoms with Gasteiger partial charge in [0.1, 0.15) is 6.54 Å². The summed E-state index contributed by atoms with van der Waals surface area (Å²) in [6, 6.07) is 25.1. The van der Waals surface area contributed by atoms with Crippen LogP contribution in [0.5, 0.6) is 0 Å². The number of hydrogen-bond acceptors (Lipinski definition) is 2. The van der Waals surface area contributed by atoms with Crippen LogP contribution in [0, 0.1) is 0 Å². The van der Waals surface area contributed by atoms with Crippen molar-refractivity contribution in [3.8, 4) is 0 Å². The Morgan fingerprint density at radius 1 is 1.07 bits per heavy atom. The van der Waals surface area contributed by atoms with E-state index >= 15 is 0 Å². The van der Waals surface area contributed by atoms with Crippen LogP contribution in [-0.4, -0.2) is 23.3 Å². The van der Waals surface area contributed by atoms with Crippen molar-refractivity contribution >= 4 is 33.4 Å². The molecule has 0 aromatic heterocycles. The molecule has 30 heavy (non-hydrogen) atoms. The molecule has 1 aliphatic heterocycles. The molecule has 4 nitrogen and oxygen atoms in total. The minimum absolute atomic E-state index is 0.00796. The Morgan fingerprint density at radius 3 is 2.40 bits per heavy atom. The van der Waals surface area contributed by atoms with Crippen LogP contribution in [0.4, 0.5) is 5.69 Å². The van der Waals surface area contributed by atoms with Crippen LogP contribution < -0.4 is 5.32 Å². The molecule has 4 rings (SSSR count). The number of carbonyl (C=O) groups is 2. The highest BCUT2D eigenvalue weighted by atomic mass is 79.9. The van der Waals surface area contributed by atoms with Gasteiger partial charge >= 0.3 is 0 Å². The van der Waals surface area contributed by atoms with Crippen LogP contribution in [0.3, 0.4) is 0 Å². The van der Waals surface area contributed by atoms with Gasteiger partial charge in [-0.25, -0.2) is 0 Å². The number of nitrogens with one attached hydrogen (secondary N) is 1. The summed E-state index contributed by atoms with van der Waals surface area (Å²) in [5.74, 6) is -0.535. The van der Waals surface area contributed by atoms with Crippen molar-refractivity contribution in [2.45, 2.75) is 25.3 Å². The summed E-state index contributed by atoms with van der Waals surface area (Å²) in [5, 5.41) is 2.98. The molecule has 0 spiro atoms. The number of anilines is 1. The van der Waals surface area contributed by atoms with E-state index in [1.165, 1.54) is 0 Å². The van der Waals surface area contributed by atoms with E-state index in [2.05, 4.69) is 21.2 Å². The molecule has 3 aromatic carbocycles. The summed E-state index contributed by atoms with van der Waals surface area (Å²) in [4.78, 5) is 28.3. The molecule has 0 saturated carbocycles. The second-order valence-electron chi connectivity index (χ2n) is 7.43. The van der Waals surface area contributed by atoms with E-state index < -0.39 is 0 Å². The van der Waals surface area contributed by atoms with Crippen LogP contribution in [0.25, 0.3) is 0 Å². The highest BCUT2D eigenvalue weighted by Crippen LogP contribution is 2.39. The molecule has 0 radical (unpaired) electrons. The smallest absolute Gasteiger partial charge is 0.244 e. The molecule has 3 aromatic rings. The molecular formula is C25H23BrN2O2. The molecule has 1 heterocycles. The zero-order valence-electron chi connectivity index (χ0n) is 16.7. The van der Waals surface area contributed by atoms with Crippen LogP contribution >= 0.6 is 15.9 Å². The third kappa shape index (κ3) is 4.03. The van der Waals surface area contributed by atoms with Gasteiger partial charge in [-0.3, -0.25) is 9.59 Å². The van der Waals surface area contributed by atoms with Crippen LogP contribution in [-0.2, 0) is 9.59 Å². The summed E-state index contributed by atoms with van der Waals surface area (Å²) < 4.78 is 0.904. The van der Waals surface area contributed by atoms with Gasteiger partial charge in [-0.05, 0) is 35.7 Å². The van der Waals surface area contributed by atoms with Gasteiger partial charge in [-0.1, -0.05) is 83.5 Å². The molecule has 1 N–H and O–H groups in total. The first-order chi connectivity index (χ1) is 14.6. The average molecular weight is 463 g/mol. The van der Waals surface area contributed by atoms with E-state index in [4.69, 9.17) is 0 Å². The molecule has 1 aliphatic rings. The lowest BCUT2D eigenvalue weighted by atomic mass is 9.91. The lowest BCUT2D eigenvalue weighted by Crippen LogP contribution is -2.41. The Hall–Kier alpha value is -2.92. The fraction of sp³-hybridized carbons (Fsp3) is 0.200. The lowest BCUT2D eigenvalue weighted by Gasteiger charge is -2.33. The van der Waals surface area contributed by atoms with Crippen molar-refractivity contribution in [1.29, 1.82) is 0 Å². The summed E-state index contributed by atoms with van der Waals surface area (Å²) >= 11 is 3.55. The minimum Gasteiger partial charge on any atom is -0.324 e. The van der Waals surface area contributed by atoms with Gasteiger partial charge in [0.15, 0.2) is 0 Å². The highest BCUT2D eigenvalue weighted by Gasteiger charge is 2.36. The summed E-state index contributed by atoms with van der Waals surface area (Å²) in [5.41, 5.74) is 3.58. The first-order valence-electron chi connectivity index (χ1n) is 10.1.